The minimum absolute atomic E-state index is 0.0889. The molecular formula is C22H27N3O3. The van der Waals surface area contributed by atoms with Crippen LogP contribution in [0.1, 0.15) is 50.5 Å². The molecule has 148 valence electrons. The smallest absolute Gasteiger partial charge is 0.325 e. The molecule has 4 amide bonds. The average molecular weight is 381 g/mol. The van der Waals surface area contributed by atoms with Gasteiger partial charge >= 0.3 is 6.03 Å². The van der Waals surface area contributed by atoms with Gasteiger partial charge in [-0.05, 0) is 36.8 Å². The molecule has 1 saturated heterocycles. The molecule has 2 aliphatic heterocycles. The lowest BCUT2D eigenvalue weighted by atomic mass is 9.98. The van der Waals surface area contributed by atoms with Crippen LogP contribution < -0.4 is 5.32 Å². The summed E-state index contributed by atoms with van der Waals surface area (Å²) in [6, 6.07) is 9.95. The fourth-order valence-corrected chi connectivity index (χ4v) is 4.55. The van der Waals surface area contributed by atoms with Crippen LogP contribution in [0.4, 0.5) is 4.79 Å². The highest BCUT2D eigenvalue weighted by Gasteiger charge is 2.52. The lowest BCUT2D eigenvalue weighted by Crippen LogP contribution is -2.44. The van der Waals surface area contributed by atoms with Crippen LogP contribution in [0.15, 0.2) is 36.4 Å². The molecule has 1 aromatic rings. The first-order chi connectivity index (χ1) is 13.6. The second-order valence-electron chi connectivity index (χ2n) is 7.96. The van der Waals surface area contributed by atoms with E-state index >= 15 is 0 Å². The fraction of sp³-hybridized carbons (Fsp3) is 0.500. The topological polar surface area (TPSA) is 69.7 Å². The van der Waals surface area contributed by atoms with E-state index in [0.29, 0.717) is 32.5 Å². The van der Waals surface area contributed by atoms with Gasteiger partial charge in [0.15, 0.2) is 0 Å². The summed E-state index contributed by atoms with van der Waals surface area (Å²) in [5.41, 5.74) is 1.84. The molecular weight excluding hydrogens is 354 g/mol. The van der Waals surface area contributed by atoms with Crippen LogP contribution >= 0.6 is 0 Å². The first kappa shape index (κ1) is 18.7. The molecule has 0 radical (unpaired) electrons. The van der Waals surface area contributed by atoms with Gasteiger partial charge in [-0.2, -0.15) is 0 Å². The van der Waals surface area contributed by atoms with Crippen molar-refractivity contribution in [3.05, 3.63) is 42.0 Å². The molecule has 4 rings (SSSR count). The number of carbonyl (C=O) groups is 3. The zero-order chi connectivity index (χ0) is 19.6. The number of benzene rings is 1. The third-order valence-electron chi connectivity index (χ3n) is 6.18. The number of hydrogen-bond donors (Lipinski definition) is 1. The molecule has 1 saturated carbocycles. The lowest BCUT2D eigenvalue weighted by Gasteiger charge is -2.27. The van der Waals surface area contributed by atoms with Crippen molar-refractivity contribution in [1.29, 1.82) is 0 Å². The van der Waals surface area contributed by atoms with Gasteiger partial charge < -0.3 is 10.2 Å². The summed E-state index contributed by atoms with van der Waals surface area (Å²) in [6.07, 6.45) is 7.27. The van der Waals surface area contributed by atoms with Gasteiger partial charge in [0.05, 0.1) is 0 Å². The fourth-order valence-electron chi connectivity index (χ4n) is 4.55. The molecule has 0 aromatic heterocycles. The quantitative estimate of drug-likeness (QED) is 0.798. The van der Waals surface area contributed by atoms with Crippen LogP contribution in [-0.4, -0.2) is 52.8 Å². The summed E-state index contributed by atoms with van der Waals surface area (Å²) >= 11 is 0. The summed E-state index contributed by atoms with van der Waals surface area (Å²) in [4.78, 5) is 40.5. The number of nitrogens with one attached hydrogen (secondary N) is 1. The molecule has 28 heavy (non-hydrogen) atoms. The molecule has 1 spiro atoms. The van der Waals surface area contributed by atoms with Crippen molar-refractivity contribution in [2.24, 2.45) is 0 Å². The van der Waals surface area contributed by atoms with Crippen molar-refractivity contribution < 1.29 is 14.4 Å². The summed E-state index contributed by atoms with van der Waals surface area (Å²) in [6.45, 7) is 1.65. The Labute approximate surface area is 165 Å². The standard InChI is InChI=1S/C22H27N3O3/c26-19(24-15-10-18(11-16-24)17-7-2-1-3-8-17)9-6-14-25-20(27)22(23-21(25)28)12-4-5-13-22/h1-3,7-8,10H,4-6,9,11-16H2,(H,23,28). The highest BCUT2D eigenvalue weighted by Crippen LogP contribution is 2.35. The number of amides is 4. The van der Waals surface area contributed by atoms with Gasteiger partial charge in [0.25, 0.3) is 5.91 Å². The highest BCUT2D eigenvalue weighted by atomic mass is 16.2. The summed E-state index contributed by atoms with van der Waals surface area (Å²) < 4.78 is 0. The van der Waals surface area contributed by atoms with E-state index in [0.717, 1.165) is 32.1 Å². The first-order valence-electron chi connectivity index (χ1n) is 10.3. The molecule has 1 aromatic carbocycles. The molecule has 0 atom stereocenters. The molecule has 0 unspecified atom stereocenters. The molecule has 2 fully saturated rings. The normalized spacial score (nSPS) is 21.2. The molecule has 1 N–H and O–H groups in total. The molecule has 0 bridgehead atoms. The minimum atomic E-state index is -0.660. The molecule has 3 aliphatic rings. The maximum absolute atomic E-state index is 12.6. The van der Waals surface area contributed by atoms with E-state index in [4.69, 9.17) is 0 Å². The van der Waals surface area contributed by atoms with Crippen LogP contribution in [0.2, 0.25) is 0 Å². The maximum Gasteiger partial charge on any atom is 0.325 e. The van der Waals surface area contributed by atoms with E-state index in [9.17, 15) is 14.4 Å². The third kappa shape index (κ3) is 3.55. The van der Waals surface area contributed by atoms with Gasteiger partial charge in [-0.3, -0.25) is 14.5 Å². The lowest BCUT2D eigenvalue weighted by molar-refractivity contribution is -0.133. The second-order valence-corrected chi connectivity index (χ2v) is 7.96. The monoisotopic (exact) mass is 381 g/mol. The average Bonchev–Trinajstić information content (AvgIpc) is 3.29. The van der Waals surface area contributed by atoms with Crippen LogP contribution in [0.5, 0.6) is 0 Å². The number of carbonyl (C=O) groups excluding carboxylic acids is 3. The van der Waals surface area contributed by atoms with E-state index in [1.807, 2.05) is 23.1 Å². The van der Waals surface area contributed by atoms with Crippen molar-refractivity contribution >= 4 is 23.4 Å². The molecule has 6 nitrogen and oxygen atoms in total. The van der Waals surface area contributed by atoms with Gasteiger partial charge in [0.1, 0.15) is 5.54 Å². The summed E-state index contributed by atoms with van der Waals surface area (Å²) in [7, 11) is 0. The number of hydrogen-bond acceptors (Lipinski definition) is 3. The van der Waals surface area contributed by atoms with Gasteiger partial charge in [0.2, 0.25) is 5.91 Å². The Morgan fingerprint density at radius 3 is 2.54 bits per heavy atom. The van der Waals surface area contributed by atoms with E-state index in [2.05, 4.69) is 23.5 Å². The molecule has 6 heteroatoms. The highest BCUT2D eigenvalue weighted by molar-refractivity contribution is 6.07. The number of rotatable bonds is 5. The van der Waals surface area contributed by atoms with Gasteiger partial charge in [-0.1, -0.05) is 49.2 Å². The number of imide groups is 1. The Morgan fingerprint density at radius 1 is 1.11 bits per heavy atom. The van der Waals surface area contributed by atoms with Crippen LogP contribution in [0.25, 0.3) is 5.57 Å². The van der Waals surface area contributed by atoms with Gasteiger partial charge in [-0.25, -0.2) is 4.79 Å². The summed E-state index contributed by atoms with van der Waals surface area (Å²) in [5, 5.41) is 2.89. The van der Waals surface area contributed by atoms with Gasteiger partial charge in [0, 0.05) is 26.1 Å². The van der Waals surface area contributed by atoms with Crippen molar-refractivity contribution in [3.8, 4) is 0 Å². The predicted octanol–water partition coefficient (Wildman–Crippen LogP) is 2.95. The molecule has 2 heterocycles. The Bertz CT molecular complexity index is 797. The van der Waals surface area contributed by atoms with E-state index in [1.54, 1.807) is 0 Å². The van der Waals surface area contributed by atoms with Crippen molar-refractivity contribution in [2.45, 2.75) is 50.5 Å². The Hall–Kier alpha value is -2.63. The zero-order valence-electron chi connectivity index (χ0n) is 16.2. The first-order valence-corrected chi connectivity index (χ1v) is 10.3. The third-order valence-corrected chi connectivity index (χ3v) is 6.18. The largest absolute Gasteiger partial charge is 0.339 e. The van der Waals surface area contributed by atoms with Crippen molar-refractivity contribution in [2.75, 3.05) is 19.6 Å². The van der Waals surface area contributed by atoms with Crippen LogP contribution in [0.3, 0.4) is 0 Å². The Balaban J connectivity index is 1.26. The van der Waals surface area contributed by atoms with Crippen LogP contribution in [-0.2, 0) is 9.59 Å². The zero-order valence-corrected chi connectivity index (χ0v) is 16.2. The number of urea groups is 1. The Morgan fingerprint density at radius 2 is 1.86 bits per heavy atom. The Kier molecular flexibility index (Phi) is 5.20. The minimum Gasteiger partial charge on any atom is -0.339 e. The van der Waals surface area contributed by atoms with E-state index < -0.39 is 5.54 Å². The van der Waals surface area contributed by atoms with E-state index in [1.165, 1.54) is 16.0 Å². The maximum atomic E-state index is 12.6. The number of nitrogens with zero attached hydrogens (tertiary/aromatic N) is 2. The van der Waals surface area contributed by atoms with Crippen LogP contribution in [0, 0.1) is 0 Å². The van der Waals surface area contributed by atoms with Crippen molar-refractivity contribution in [3.63, 3.8) is 0 Å². The van der Waals surface area contributed by atoms with Gasteiger partial charge in [-0.15, -0.1) is 0 Å². The molecule has 1 aliphatic carbocycles. The second kappa shape index (κ2) is 7.78. The van der Waals surface area contributed by atoms with E-state index in [-0.39, 0.29) is 17.8 Å². The predicted molar refractivity (Wildman–Crippen MR) is 106 cm³/mol. The summed E-state index contributed by atoms with van der Waals surface area (Å²) in [5.74, 6) is -0.0122. The van der Waals surface area contributed by atoms with Crippen molar-refractivity contribution in [1.82, 2.24) is 15.1 Å². The SMILES string of the molecule is O=C(CCCN1C(=O)NC2(CCCC2)C1=O)N1CC=C(c2ccccc2)CC1.